The van der Waals surface area contributed by atoms with Gasteiger partial charge in [0.15, 0.2) is 0 Å². The fourth-order valence-corrected chi connectivity index (χ4v) is 4.76. The Morgan fingerprint density at radius 2 is 2.10 bits per heavy atom. The summed E-state index contributed by atoms with van der Waals surface area (Å²) in [7, 11) is 1.67. The first-order chi connectivity index (χ1) is 15.1. The highest BCUT2D eigenvalue weighted by Crippen LogP contribution is 2.38. The van der Waals surface area contributed by atoms with Gasteiger partial charge in [-0.05, 0) is 43.4 Å². The molecule has 2 aromatic carbocycles. The third-order valence-corrected chi connectivity index (χ3v) is 6.31. The van der Waals surface area contributed by atoms with Gasteiger partial charge in [-0.3, -0.25) is 4.79 Å². The Morgan fingerprint density at radius 1 is 1.29 bits per heavy atom. The predicted octanol–water partition coefficient (Wildman–Crippen LogP) is 3.54. The van der Waals surface area contributed by atoms with Crippen molar-refractivity contribution in [3.63, 3.8) is 0 Å². The molecule has 1 N–H and O–H groups in total. The van der Waals surface area contributed by atoms with Crippen molar-refractivity contribution in [1.29, 1.82) is 5.26 Å². The molecule has 2 saturated heterocycles. The summed E-state index contributed by atoms with van der Waals surface area (Å²) < 4.78 is 11.7. The number of methoxy groups -OCH3 is 1. The quantitative estimate of drug-likeness (QED) is 0.775. The first-order valence-electron chi connectivity index (χ1n) is 10.9. The van der Waals surface area contributed by atoms with E-state index in [9.17, 15) is 10.1 Å². The largest absolute Gasteiger partial charge is 0.496 e. The Labute approximate surface area is 183 Å². The van der Waals surface area contributed by atoms with Gasteiger partial charge in [0.2, 0.25) is 5.91 Å². The summed E-state index contributed by atoms with van der Waals surface area (Å²) in [5.74, 6) is 1.79. The summed E-state index contributed by atoms with van der Waals surface area (Å²) in [6, 6.07) is 15.8. The van der Waals surface area contributed by atoms with Crippen LogP contribution in [0.2, 0.25) is 0 Å². The van der Waals surface area contributed by atoms with E-state index >= 15 is 0 Å². The number of aryl methyl sites for hydroxylation is 1. The number of likely N-dealkylation sites (tertiary alicyclic amines) is 1. The van der Waals surface area contributed by atoms with Gasteiger partial charge in [-0.2, -0.15) is 5.26 Å². The number of ether oxygens (including phenoxy) is 2. The molecule has 1 amide bonds. The summed E-state index contributed by atoms with van der Waals surface area (Å²) in [6.45, 7) is 3.95. The summed E-state index contributed by atoms with van der Waals surface area (Å²) in [5.41, 5.74) is 3.33. The van der Waals surface area contributed by atoms with Crippen LogP contribution in [0.1, 0.15) is 41.9 Å². The Balaban J connectivity index is 1.46. The maximum Gasteiger partial charge on any atom is 0.240 e. The molecule has 4 rings (SSSR count). The molecule has 2 aliphatic rings. The van der Waals surface area contributed by atoms with Crippen LogP contribution in [0.3, 0.4) is 0 Å². The number of nitrogens with zero attached hydrogens (tertiary/aromatic N) is 2. The van der Waals surface area contributed by atoms with Crippen molar-refractivity contribution in [1.82, 2.24) is 10.2 Å². The molecule has 2 fully saturated rings. The number of rotatable bonds is 6. The molecule has 0 aromatic heterocycles. The molecule has 3 atom stereocenters. The molecular weight excluding hydrogens is 390 g/mol. The Morgan fingerprint density at radius 3 is 2.84 bits per heavy atom. The van der Waals surface area contributed by atoms with E-state index in [1.807, 2.05) is 42.5 Å². The van der Waals surface area contributed by atoms with Crippen LogP contribution in [0, 0.1) is 18.3 Å². The maximum atomic E-state index is 13.0. The van der Waals surface area contributed by atoms with Gasteiger partial charge in [-0.1, -0.05) is 30.3 Å². The van der Waals surface area contributed by atoms with Crippen LogP contribution in [0.5, 0.6) is 11.5 Å². The van der Waals surface area contributed by atoms with Crippen LogP contribution in [0.15, 0.2) is 42.5 Å². The molecule has 0 aliphatic carbocycles. The van der Waals surface area contributed by atoms with E-state index in [2.05, 4.69) is 18.3 Å². The van der Waals surface area contributed by atoms with Crippen molar-refractivity contribution in [2.45, 2.75) is 50.8 Å². The van der Waals surface area contributed by atoms with Gasteiger partial charge >= 0.3 is 0 Å². The smallest absolute Gasteiger partial charge is 0.240 e. The highest BCUT2D eigenvalue weighted by atomic mass is 16.5. The lowest BCUT2D eigenvalue weighted by atomic mass is 9.91. The van der Waals surface area contributed by atoms with Crippen LogP contribution in [0.25, 0.3) is 0 Å². The third-order valence-electron chi connectivity index (χ3n) is 6.31. The first kappa shape index (κ1) is 21.2. The molecule has 0 spiro atoms. The average Bonchev–Trinajstić information content (AvgIpc) is 3.47. The number of hydrogen-bond acceptors (Lipinski definition) is 5. The number of carbonyl (C=O) groups excluding carboxylic acids is 1. The van der Waals surface area contributed by atoms with Gasteiger partial charge in [0.1, 0.15) is 24.1 Å². The van der Waals surface area contributed by atoms with Crippen molar-refractivity contribution in [3.8, 4) is 17.6 Å². The van der Waals surface area contributed by atoms with Crippen molar-refractivity contribution >= 4 is 5.91 Å². The number of benzene rings is 2. The van der Waals surface area contributed by atoms with Gasteiger partial charge in [0, 0.05) is 30.6 Å². The minimum Gasteiger partial charge on any atom is -0.496 e. The van der Waals surface area contributed by atoms with Gasteiger partial charge in [0.05, 0.1) is 19.2 Å². The molecule has 6 nitrogen and oxygen atoms in total. The molecule has 0 radical (unpaired) electrons. The van der Waals surface area contributed by atoms with Crippen molar-refractivity contribution < 1.29 is 14.3 Å². The number of amides is 1. The fraction of sp³-hybridized carbons (Fsp3) is 0.440. The lowest BCUT2D eigenvalue weighted by Crippen LogP contribution is -2.45. The molecular formula is C25H29N3O3. The second-order valence-electron chi connectivity index (χ2n) is 8.34. The van der Waals surface area contributed by atoms with E-state index in [0.717, 1.165) is 41.0 Å². The van der Waals surface area contributed by atoms with Gasteiger partial charge in [0.25, 0.3) is 0 Å². The monoisotopic (exact) mass is 419 g/mol. The topological polar surface area (TPSA) is 74.6 Å². The van der Waals surface area contributed by atoms with E-state index in [4.69, 9.17) is 9.47 Å². The summed E-state index contributed by atoms with van der Waals surface area (Å²) in [6.07, 6.45) is 2.38. The van der Waals surface area contributed by atoms with Crippen LogP contribution in [-0.4, -0.2) is 43.1 Å². The number of carbonyl (C=O) groups is 1. The zero-order valence-corrected chi connectivity index (χ0v) is 18.1. The summed E-state index contributed by atoms with van der Waals surface area (Å²) in [4.78, 5) is 14.7. The lowest BCUT2D eigenvalue weighted by Gasteiger charge is -2.23. The SMILES string of the molecule is COc1cc(OCc2ccccc2)cc(C)c1[C@@H]1CN[C@H](C(=O)N2CCC[C@H]2C#N)C1. The number of hydrogen-bond donors (Lipinski definition) is 1. The zero-order valence-electron chi connectivity index (χ0n) is 18.1. The van der Waals surface area contributed by atoms with Crippen molar-refractivity contribution in [3.05, 3.63) is 59.2 Å². The minimum atomic E-state index is -0.286. The fourth-order valence-electron chi connectivity index (χ4n) is 4.76. The van der Waals surface area contributed by atoms with Gasteiger partial charge in [-0.15, -0.1) is 0 Å². The zero-order chi connectivity index (χ0) is 21.8. The highest BCUT2D eigenvalue weighted by Gasteiger charge is 2.38. The second kappa shape index (κ2) is 9.40. The summed E-state index contributed by atoms with van der Waals surface area (Å²) in [5, 5.41) is 12.7. The molecule has 0 bridgehead atoms. The normalized spacial score (nSPS) is 22.9. The van der Waals surface area contributed by atoms with Gasteiger partial charge < -0.3 is 19.7 Å². The highest BCUT2D eigenvalue weighted by molar-refractivity contribution is 5.83. The van der Waals surface area contributed by atoms with E-state index < -0.39 is 0 Å². The van der Waals surface area contributed by atoms with E-state index in [1.165, 1.54) is 0 Å². The summed E-state index contributed by atoms with van der Waals surface area (Å²) >= 11 is 0. The standard InChI is InChI=1S/C25H29N3O3/c1-17-11-21(31-16-18-7-4-3-5-8-18)13-23(30-2)24(17)19-12-22(27-15-19)25(29)28-10-6-9-20(28)14-26/h3-5,7-8,11,13,19-20,22,27H,6,9-10,12,15-16H2,1-2H3/t19-,20-,22-/m0/s1. The first-order valence-corrected chi connectivity index (χ1v) is 10.9. The van der Waals surface area contributed by atoms with Crippen LogP contribution < -0.4 is 14.8 Å². The molecule has 2 aromatic rings. The van der Waals surface area contributed by atoms with Crippen molar-refractivity contribution in [2.24, 2.45) is 0 Å². The van der Waals surface area contributed by atoms with Crippen molar-refractivity contribution in [2.75, 3.05) is 20.2 Å². The van der Waals surface area contributed by atoms with Crippen LogP contribution >= 0.6 is 0 Å². The van der Waals surface area contributed by atoms with E-state index in [1.54, 1.807) is 12.0 Å². The minimum absolute atomic E-state index is 0.0472. The molecule has 0 unspecified atom stereocenters. The molecule has 31 heavy (non-hydrogen) atoms. The molecule has 2 heterocycles. The Kier molecular flexibility index (Phi) is 6.43. The van der Waals surface area contributed by atoms with E-state index in [0.29, 0.717) is 26.1 Å². The lowest BCUT2D eigenvalue weighted by molar-refractivity contribution is -0.133. The number of nitriles is 1. The average molecular weight is 420 g/mol. The van der Waals surface area contributed by atoms with Crippen LogP contribution in [0.4, 0.5) is 0 Å². The molecule has 2 aliphatic heterocycles. The Hall–Kier alpha value is -3.04. The molecule has 6 heteroatoms. The third kappa shape index (κ3) is 4.52. The molecule has 162 valence electrons. The Bertz CT molecular complexity index is 970. The van der Waals surface area contributed by atoms with Crippen LogP contribution in [-0.2, 0) is 11.4 Å². The van der Waals surface area contributed by atoms with Gasteiger partial charge in [-0.25, -0.2) is 0 Å². The number of nitrogens with one attached hydrogen (secondary N) is 1. The predicted molar refractivity (Wildman–Crippen MR) is 118 cm³/mol. The maximum absolute atomic E-state index is 13.0. The molecule has 0 saturated carbocycles. The van der Waals surface area contributed by atoms with E-state index in [-0.39, 0.29) is 23.9 Å². The second-order valence-corrected chi connectivity index (χ2v) is 8.34.